The van der Waals surface area contributed by atoms with Crippen LogP contribution in [0.25, 0.3) is 20.2 Å². The van der Waals surface area contributed by atoms with E-state index in [0.717, 1.165) is 0 Å². The van der Waals surface area contributed by atoms with Crippen molar-refractivity contribution in [3.8, 4) is 11.5 Å². The highest BCUT2D eigenvalue weighted by molar-refractivity contribution is 7.19. The molecule has 0 unspecified atom stereocenters. The molecule has 0 atom stereocenters. The Bertz CT molecular complexity index is 1110. The van der Waals surface area contributed by atoms with Gasteiger partial charge in [0.1, 0.15) is 11.5 Å². The summed E-state index contributed by atoms with van der Waals surface area (Å²) in [6.45, 7) is 14.1. The molecule has 0 aliphatic heterocycles. The lowest BCUT2D eigenvalue weighted by Crippen LogP contribution is -2.42. The van der Waals surface area contributed by atoms with Crippen LogP contribution in [-0.2, 0) is 0 Å². The molecule has 0 spiro atoms. The highest BCUT2D eigenvalue weighted by Crippen LogP contribution is 2.51. The van der Waals surface area contributed by atoms with Crippen LogP contribution in [0.15, 0.2) is 22.9 Å². The number of hydrogen-bond acceptors (Lipinski definition) is 4. The number of hydrogen-bond donors (Lipinski definition) is 0. The normalized spacial score (nSPS) is 12.4. The lowest BCUT2D eigenvalue weighted by Gasteiger charge is -2.35. The largest absolute Gasteiger partial charge is 0.542 e. The number of benzene rings is 1. The maximum absolute atomic E-state index is 7.86. The van der Waals surface area contributed by atoms with E-state index in [4.69, 9.17) is 8.85 Å². The Hall–Kier alpha value is -0.826. The quantitative estimate of drug-likeness (QED) is 0.0443. The van der Waals surface area contributed by atoms with Gasteiger partial charge in [-0.1, -0.05) is 196 Å². The van der Waals surface area contributed by atoms with Gasteiger partial charge in [-0.05, 0) is 59.2 Å². The Morgan fingerprint density at radius 2 is 0.615 bits per heavy atom. The van der Waals surface area contributed by atoms with E-state index in [1.54, 1.807) is 0 Å². The predicted molar refractivity (Wildman–Crippen MR) is 244 cm³/mol. The van der Waals surface area contributed by atoms with Crippen LogP contribution in [0.2, 0.25) is 36.3 Å². The molecular formula is C46H82O2S2Si2. The molecule has 0 bridgehead atoms. The van der Waals surface area contributed by atoms with Crippen molar-refractivity contribution in [3.05, 3.63) is 22.9 Å². The molecule has 0 fully saturated rings. The van der Waals surface area contributed by atoms with Crippen molar-refractivity contribution in [2.75, 3.05) is 0 Å². The van der Waals surface area contributed by atoms with Crippen LogP contribution in [0, 0.1) is 0 Å². The molecular weight excluding hydrogens is 705 g/mol. The zero-order chi connectivity index (χ0) is 37.3. The number of thiophene rings is 2. The molecule has 1 aromatic carbocycles. The van der Waals surface area contributed by atoms with Gasteiger partial charge in [0.2, 0.25) is 0 Å². The van der Waals surface area contributed by atoms with Crippen LogP contribution in [-0.4, -0.2) is 16.6 Å². The van der Waals surface area contributed by atoms with Gasteiger partial charge < -0.3 is 8.85 Å². The van der Waals surface area contributed by atoms with Gasteiger partial charge in [-0.3, -0.25) is 0 Å². The van der Waals surface area contributed by atoms with Crippen LogP contribution in [0.4, 0.5) is 0 Å². The zero-order valence-corrected chi connectivity index (χ0v) is 38.8. The first-order valence-corrected chi connectivity index (χ1v) is 29.6. The molecule has 3 rings (SSSR count). The van der Waals surface area contributed by atoms with Gasteiger partial charge in [-0.25, -0.2) is 0 Å². The fourth-order valence-electron chi connectivity index (χ4n) is 8.51. The van der Waals surface area contributed by atoms with E-state index in [9.17, 15) is 0 Å². The van der Waals surface area contributed by atoms with E-state index >= 15 is 0 Å². The molecule has 6 heteroatoms. The number of unbranched alkanes of at least 4 members (excludes halogenated alkanes) is 18. The summed E-state index contributed by atoms with van der Waals surface area (Å²) < 4.78 is 18.5. The molecule has 3 aromatic rings. The Labute approximate surface area is 332 Å². The number of fused-ring (bicyclic) bond motifs is 2. The maximum Gasteiger partial charge on any atom is 0.251 e. The van der Waals surface area contributed by atoms with Crippen LogP contribution < -0.4 is 8.85 Å². The third-order valence-corrected chi connectivity index (χ3v) is 22.5. The van der Waals surface area contributed by atoms with Gasteiger partial charge in [0.25, 0.3) is 16.6 Å². The molecule has 0 aliphatic carbocycles. The molecule has 2 nitrogen and oxygen atoms in total. The highest BCUT2D eigenvalue weighted by Gasteiger charge is 2.39. The van der Waals surface area contributed by atoms with E-state index in [-0.39, 0.29) is 0 Å². The first-order chi connectivity index (χ1) is 25.5. The lowest BCUT2D eigenvalue weighted by atomic mass is 10.2. The summed E-state index contributed by atoms with van der Waals surface area (Å²) in [6, 6.07) is 12.8. The summed E-state index contributed by atoms with van der Waals surface area (Å²) in [5.74, 6) is 2.48. The molecule has 0 saturated carbocycles. The van der Waals surface area contributed by atoms with Crippen molar-refractivity contribution < 1.29 is 8.85 Å². The molecule has 0 radical (unpaired) electrons. The second-order valence-corrected chi connectivity index (χ2v) is 26.4. The van der Waals surface area contributed by atoms with Gasteiger partial charge in [-0.15, -0.1) is 22.7 Å². The average Bonchev–Trinajstić information content (AvgIpc) is 3.85. The molecule has 0 aliphatic rings. The highest BCUT2D eigenvalue weighted by atomic mass is 32.1. The summed E-state index contributed by atoms with van der Waals surface area (Å²) in [6.07, 6.45) is 32.1. The third kappa shape index (κ3) is 15.0. The van der Waals surface area contributed by atoms with Gasteiger partial charge in [-0.2, -0.15) is 0 Å². The predicted octanol–water partition coefficient (Wildman–Crippen LogP) is 18.2. The fraction of sp³-hybridized carbons (Fsp3) is 0.783. The topological polar surface area (TPSA) is 18.5 Å². The second kappa shape index (κ2) is 26.9. The second-order valence-electron chi connectivity index (χ2n) is 16.4. The summed E-state index contributed by atoms with van der Waals surface area (Å²) in [4.78, 5) is 0. The first-order valence-electron chi connectivity index (χ1n) is 22.8. The Morgan fingerprint density at radius 1 is 0.365 bits per heavy atom. The molecule has 0 saturated heterocycles. The molecule has 52 heavy (non-hydrogen) atoms. The Balaban J connectivity index is 2.10. The van der Waals surface area contributed by atoms with E-state index in [1.165, 1.54) is 222 Å². The van der Waals surface area contributed by atoms with E-state index in [1.807, 2.05) is 22.7 Å². The minimum absolute atomic E-state index is 1.24. The van der Waals surface area contributed by atoms with Crippen LogP contribution >= 0.6 is 22.7 Å². The minimum Gasteiger partial charge on any atom is -0.542 e. The Morgan fingerprint density at radius 3 is 0.846 bits per heavy atom. The standard InChI is InChI=1S/C46H82O2S2Si2/c1-7-13-19-25-35-51(36-26-20-14-8-2,37-27-21-15-9-3)47-43-41-31-33-50-46(41)44(42-32-34-49-45(42)43)48-52(38-28-22-16-10-4,39-29-23-17-11-5)40-30-24-18-12-6/h31-34H,7-30,35-40H2,1-6H3. The SMILES string of the molecule is CCCCCC[Si](CCCCCC)(CCCCCC)Oc1c2ccsc2c(O[Si](CCCCCC)(CCCCCC)CCCCCC)c2ccsc12. The van der Waals surface area contributed by atoms with E-state index in [0.29, 0.717) is 0 Å². The van der Waals surface area contributed by atoms with E-state index in [2.05, 4.69) is 64.4 Å². The van der Waals surface area contributed by atoms with Gasteiger partial charge in [0, 0.05) is 10.8 Å². The van der Waals surface area contributed by atoms with Crippen LogP contribution in [0.5, 0.6) is 11.5 Å². The first kappa shape index (κ1) is 45.6. The minimum atomic E-state index is -2.03. The van der Waals surface area contributed by atoms with Crippen molar-refractivity contribution in [3.63, 3.8) is 0 Å². The number of rotatable bonds is 34. The van der Waals surface area contributed by atoms with Crippen molar-refractivity contribution in [2.45, 2.75) is 232 Å². The summed E-state index contributed by atoms with van der Waals surface area (Å²) >= 11 is 3.84. The third-order valence-electron chi connectivity index (χ3n) is 11.8. The van der Waals surface area contributed by atoms with Crippen molar-refractivity contribution >= 4 is 59.5 Å². The average molecular weight is 787 g/mol. The molecule has 0 N–H and O–H groups in total. The van der Waals surface area contributed by atoms with Crippen LogP contribution in [0.3, 0.4) is 0 Å². The van der Waals surface area contributed by atoms with Gasteiger partial charge >= 0.3 is 0 Å². The fourth-order valence-corrected chi connectivity index (χ4v) is 19.2. The Kier molecular flexibility index (Phi) is 23.6. The van der Waals surface area contributed by atoms with E-state index < -0.39 is 16.6 Å². The summed E-state index contributed by atoms with van der Waals surface area (Å²) in [5, 5.41) is 7.39. The molecule has 2 aromatic heterocycles. The lowest BCUT2D eigenvalue weighted by molar-refractivity contribution is 0.505. The monoisotopic (exact) mass is 787 g/mol. The summed E-state index contributed by atoms with van der Waals surface area (Å²) in [5.41, 5.74) is 0. The zero-order valence-electron chi connectivity index (χ0n) is 35.2. The van der Waals surface area contributed by atoms with Crippen molar-refractivity contribution in [2.24, 2.45) is 0 Å². The van der Waals surface area contributed by atoms with Crippen molar-refractivity contribution in [1.29, 1.82) is 0 Å². The van der Waals surface area contributed by atoms with Crippen molar-refractivity contribution in [1.82, 2.24) is 0 Å². The van der Waals surface area contributed by atoms with Gasteiger partial charge in [0.15, 0.2) is 0 Å². The van der Waals surface area contributed by atoms with Crippen LogP contribution in [0.1, 0.15) is 196 Å². The summed E-state index contributed by atoms with van der Waals surface area (Å²) in [7, 11) is -4.06. The van der Waals surface area contributed by atoms with Gasteiger partial charge in [0.05, 0.1) is 9.40 Å². The molecule has 2 heterocycles. The smallest absolute Gasteiger partial charge is 0.251 e. The molecule has 0 amide bonds. The molecule has 298 valence electrons. The maximum atomic E-state index is 7.86.